The summed E-state index contributed by atoms with van der Waals surface area (Å²) in [5.74, 6) is 2.21. The van der Waals surface area contributed by atoms with Crippen LogP contribution >= 0.6 is 0 Å². The van der Waals surface area contributed by atoms with E-state index >= 15 is 0 Å². The van der Waals surface area contributed by atoms with Gasteiger partial charge < -0.3 is 18.8 Å². The summed E-state index contributed by atoms with van der Waals surface area (Å²) in [4.78, 5) is 35.8. The summed E-state index contributed by atoms with van der Waals surface area (Å²) in [6.45, 7) is 10.6. The van der Waals surface area contributed by atoms with Crippen molar-refractivity contribution in [1.82, 2.24) is 30.0 Å². The molecule has 4 rings (SSSR count). The summed E-state index contributed by atoms with van der Waals surface area (Å²) in [5, 5.41) is 8.05. The van der Waals surface area contributed by atoms with Crippen molar-refractivity contribution in [1.29, 1.82) is 0 Å². The Kier molecular flexibility index (Phi) is 9.05. The van der Waals surface area contributed by atoms with Crippen molar-refractivity contribution >= 4 is 11.8 Å². The van der Waals surface area contributed by atoms with Gasteiger partial charge in [0, 0.05) is 64.6 Å². The predicted octanol–water partition coefficient (Wildman–Crippen LogP) is 3.20. The fourth-order valence-corrected chi connectivity index (χ4v) is 4.39. The van der Waals surface area contributed by atoms with E-state index < -0.39 is 0 Å². The molecule has 10 heteroatoms. The molecule has 0 spiro atoms. The van der Waals surface area contributed by atoms with Crippen LogP contribution in [0.2, 0.25) is 0 Å². The second-order valence-electron chi connectivity index (χ2n) is 9.84. The highest BCUT2D eigenvalue weighted by Crippen LogP contribution is 2.14. The van der Waals surface area contributed by atoms with E-state index in [1.807, 2.05) is 42.2 Å². The lowest BCUT2D eigenvalue weighted by atomic mass is 10.1. The van der Waals surface area contributed by atoms with E-state index in [1.54, 1.807) is 11.0 Å². The first-order chi connectivity index (χ1) is 17.9. The molecule has 2 amide bonds. The number of amides is 2. The standard InChI is InChI=1S/C27H36N6O4/c1-4-32(18-21-8-6-5-7-9-21)26(34)11-10-25-28-24(30-37-25)19-31-12-14-33(15-13-31)27(35)23-17-22(36-29-23)16-20(2)3/h5-9,17,20H,4,10-16,18-19H2,1-3H3. The van der Waals surface area contributed by atoms with Gasteiger partial charge in [0.25, 0.3) is 5.91 Å². The number of rotatable bonds is 11. The van der Waals surface area contributed by atoms with E-state index in [9.17, 15) is 9.59 Å². The third-order valence-electron chi connectivity index (χ3n) is 6.43. The second kappa shape index (κ2) is 12.6. The molecule has 37 heavy (non-hydrogen) atoms. The maximum absolute atomic E-state index is 12.8. The van der Waals surface area contributed by atoms with Crippen molar-refractivity contribution in [3.63, 3.8) is 0 Å². The molecule has 0 radical (unpaired) electrons. The zero-order valence-corrected chi connectivity index (χ0v) is 21.9. The Morgan fingerprint density at radius 2 is 1.81 bits per heavy atom. The highest BCUT2D eigenvalue weighted by atomic mass is 16.5. The first-order valence-corrected chi connectivity index (χ1v) is 13.0. The summed E-state index contributed by atoms with van der Waals surface area (Å²) in [6.07, 6.45) is 1.50. The minimum atomic E-state index is -0.0988. The number of carbonyl (C=O) groups is 2. The number of aromatic nitrogens is 3. The molecule has 0 atom stereocenters. The average molecular weight is 509 g/mol. The van der Waals surface area contributed by atoms with Crippen LogP contribution in [0, 0.1) is 5.92 Å². The van der Waals surface area contributed by atoms with Gasteiger partial charge in [-0.2, -0.15) is 4.98 Å². The molecule has 1 aliphatic rings. The fraction of sp³-hybridized carbons (Fsp3) is 0.519. The lowest BCUT2D eigenvalue weighted by Gasteiger charge is -2.33. The number of hydrogen-bond acceptors (Lipinski definition) is 8. The number of hydrogen-bond donors (Lipinski definition) is 0. The van der Waals surface area contributed by atoms with Gasteiger partial charge >= 0.3 is 0 Å². The average Bonchev–Trinajstić information content (AvgIpc) is 3.55. The quantitative estimate of drug-likeness (QED) is 0.389. The van der Waals surface area contributed by atoms with Gasteiger partial charge in [-0.3, -0.25) is 14.5 Å². The molecule has 0 bridgehead atoms. The van der Waals surface area contributed by atoms with Crippen LogP contribution in [0.25, 0.3) is 0 Å². The zero-order chi connectivity index (χ0) is 26.2. The monoisotopic (exact) mass is 508 g/mol. The number of carbonyl (C=O) groups excluding carboxylic acids is 2. The van der Waals surface area contributed by atoms with Gasteiger partial charge in [-0.1, -0.05) is 54.5 Å². The molecule has 0 N–H and O–H groups in total. The summed E-state index contributed by atoms with van der Waals surface area (Å²) in [5.41, 5.74) is 1.48. The molecule has 1 aromatic carbocycles. The Morgan fingerprint density at radius 3 is 2.51 bits per heavy atom. The van der Waals surface area contributed by atoms with Gasteiger partial charge in [0.05, 0.1) is 6.54 Å². The highest BCUT2D eigenvalue weighted by Gasteiger charge is 2.25. The Morgan fingerprint density at radius 1 is 1.05 bits per heavy atom. The molecular weight excluding hydrogens is 472 g/mol. The summed E-state index contributed by atoms with van der Waals surface area (Å²) >= 11 is 0. The summed E-state index contributed by atoms with van der Waals surface area (Å²) < 4.78 is 10.7. The maximum atomic E-state index is 12.8. The van der Waals surface area contributed by atoms with E-state index in [4.69, 9.17) is 9.05 Å². The molecule has 0 saturated carbocycles. The normalized spacial score (nSPS) is 14.3. The van der Waals surface area contributed by atoms with Crippen LogP contribution in [0.5, 0.6) is 0 Å². The first kappa shape index (κ1) is 26.5. The molecule has 0 unspecified atom stereocenters. The van der Waals surface area contributed by atoms with Crippen LogP contribution in [0.15, 0.2) is 45.4 Å². The van der Waals surface area contributed by atoms with Crippen molar-refractivity contribution in [2.75, 3.05) is 32.7 Å². The molecule has 2 aromatic heterocycles. The van der Waals surface area contributed by atoms with Crippen LogP contribution in [-0.2, 0) is 30.7 Å². The minimum absolute atomic E-state index is 0.0651. The van der Waals surface area contributed by atoms with Gasteiger partial charge in [0.1, 0.15) is 5.76 Å². The van der Waals surface area contributed by atoms with Crippen molar-refractivity contribution in [2.24, 2.45) is 5.92 Å². The van der Waals surface area contributed by atoms with Gasteiger partial charge in [-0.05, 0) is 18.4 Å². The third-order valence-corrected chi connectivity index (χ3v) is 6.43. The molecule has 10 nitrogen and oxygen atoms in total. The van der Waals surface area contributed by atoms with Gasteiger partial charge in [0.2, 0.25) is 11.8 Å². The second-order valence-corrected chi connectivity index (χ2v) is 9.84. The van der Waals surface area contributed by atoms with Gasteiger partial charge in [-0.25, -0.2) is 0 Å². The van der Waals surface area contributed by atoms with Crippen LogP contribution < -0.4 is 0 Å². The maximum Gasteiger partial charge on any atom is 0.276 e. The molecule has 1 saturated heterocycles. The Hall–Kier alpha value is -3.53. The fourth-order valence-electron chi connectivity index (χ4n) is 4.39. The Labute approximate surface area is 217 Å². The minimum Gasteiger partial charge on any atom is -0.361 e. The smallest absolute Gasteiger partial charge is 0.276 e. The number of nitrogens with zero attached hydrogens (tertiary/aromatic N) is 6. The van der Waals surface area contributed by atoms with E-state index in [0.29, 0.717) is 82.0 Å². The first-order valence-electron chi connectivity index (χ1n) is 13.0. The van der Waals surface area contributed by atoms with E-state index in [0.717, 1.165) is 17.7 Å². The number of benzene rings is 1. The van der Waals surface area contributed by atoms with Crippen molar-refractivity contribution in [3.05, 3.63) is 65.1 Å². The van der Waals surface area contributed by atoms with Gasteiger partial charge in [-0.15, -0.1) is 0 Å². The zero-order valence-electron chi connectivity index (χ0n) is 21.9. The molecule has 198 valence electrons. The van der Waals surface area contributed by atoms with Crippen molar-refractivity contribution in [2.45, 2.75) is 53.1 Å². The largest absolute Gasteiger partial charge is 0.361 e. The molecule has 3 aromatic rings. The molecular formula is C27H36N6O4. The van der Waals surface area contributed by atoms with Crippen molar-refractivity contribution in [3.8, 4) is 0 Å². The highest BCUT2D eigenvalue weighted by molar-refractivity contribution is 5.92. The summed E-state index contributed by atoms with van der Waals surface area (Å²) in [7, 11) is 0. The summed E-state index contributed by atoms with van der Waals surface area (Å²) in [6, 6.07) is 11.7. The lowest BCUT2D eigenvalue weighted by molar-refractivity contribution is -0.131. The Balaban J connectivity index is 1.20. The molecule has 0 aliphatic carbocycles. The Bertz CT molecular complexity index is 1150. The van der Waals surface area contributed by atoms with Crippen LogP contribution in [0.4, 0.5) is 0 Å². The predicted molar refractivity (Wildman–Crippen MR) is 136 cm³/mol. The molecule has 1 fully saturated rings. The third kappa shape index (κ3) is 7.48. The molecule has 1 aliphatic heterocycles. The van der Waals surface area contributed by atoms with E-state index in [-0.39, 0.29) is 11.8 Å². The lowest BCUT2D eigenvalue weighted by Crippen LogP contribution is -2.48. The van der Waals surface area contributed by atoms with Crippen LogP contribution in [-0.4, -0.2) is 74.5 Å². The van der Waals surface area contributed by atoms with E-state index in [1.165, 1.54) is 0 Å². The topological polar surface area (TPSA) is 109 Å². The number of aryl methyl sites for hydroxylation is 1. The number of piperazine rings is 1. The van der Waals surface area contributed by atoms with Crippen LogP contribution in [0.1, 0.15) is 60.7 Å². The van der Waals surface area contributed by atoms with Gasteiger partial charge in [0.15, 0.2) is 11.5 Å². The SMILES string of the molecule is CCN(Cc1ccccc1)C(=O)CCc1nc(CN2CCN(C(=O)c3cc(CC(C)C)on3)CC2)no1. The van der Waals surface area contributed by atoms with E-state index in [2.05, 4.69) is 34.0 Å². The van der Waals surface area contributed by atoms with Crippen LogP contribution in [0.3, 0.4) is 0 Å². The molecule has 3 heterocycles. The van der Waals surface area contributed by atoms with Crippen molar-refractivity contribution < 1.29 is 18.6 Å².